The Balaban J connectivity index is 1.49. The third kappa shape index (κ3) is 5.41. The first-order valence-electron chi connectivity index (χ1n) is 8.98. The van der Waals surface area contributed by atoms with E-state index in [-0.39, 0.29) is 0 Å². The van der Waals surface area contributed by atoms with Gasteiger partial charge in [-0.05, 0) is 37.2 Å². The van der Waals surface area contributed by atoms with Crippen LogP contribution in [0.3, 0.4) is 0 Å². The Morgan fingerprint density at radius 1 is 1.04 bits per heavy atom. The molecule has 0 saturated carbocycles. The maximum absolute atomic E-state index is 5.40. The van der Waals surface area contributed by atoms with E-state index in [1.165, 1.54) is 12.0 Å². The Labute approximate surface area is 150 Å². The highest BCUT2D eigenvalue weighted by atomic mass is 16.5. The maximum Gasteiger partial charge on any atom is 0.126 e. The zero-order valence-electron chi connectivity index (χ0n) is 15.0. The maximum atomic E-state index is 5.40. The van der Waals surface area contributed by atoms with Crippen LogP contribution in [0.4, 0.5) is 0 Å². The summed E-state index contributed by atoms with van der Waals surface area (Å²) in [7, 11) is 1.72. The number of nitrogens with zero attached hydrogens (tertiary/aromatic N) is 3. The fourth-order valence-electron chi connectivity index (χ4n) is 3.25. The van der Waals surface area contributed by atoms with E-state index in [9.17, 15) is 0 Å². The Kier molecular flexibility index (Phi) is 6.60. The van der Waals surface area contributed by atoms with Crippen molar-refractivity contribution in [2.45, 2.75) is 13.0 Å². The average molecular weight is 337 g/mol. The second-order valence-corrected chi connectivity index (χ2v) is 6.44. The Hall–Kier alpha value is -2.17. The largest absolute Gasteiger partial charge is 0.496 e. The van der Waals surface area contributed by atoms with Crippen molar-refractivity contribution in [1.82, 2.24) is 14.8 Å². The number of hydrogen-bond acceptors (Lipinski definition) is 4. The number of rotatable bonds is 6. The molecule has 1 aliphatic heterocycles. The third-order valence-corrected chi connectivity index (χ3v) is 4.61. The first-order valence-corrected chi connectivity index (χ1v) is 8.98. The zero-order chi connectivity index (χ0) is 17.3. The van der Waals surface area contributed by atoms with Gasteiger partial charge in [0.25, 0.3) is 0 Å². The normalized spacial score (nSPS) is 16.8. The number of aromatic nitrogens is 1. The van der Waals surface area contributed by atoms with Gasteiger partial charge in [-0.3, -0.25) is 14.8 Å². The molecule has 1 aromatic carbocycles. The monoisotopic (exact) mass is 337 g/mol. The highest BCUT2D eigenvalue weighted by molar-refractivity contribution is 5.57. The van der Waals surface area contributed by atoms with E-state index in [2.05, 4.69) is 39.1 Å². The lowest BCUT2D eigenvalue weighted by Crippen LogP contribution is -2.30. The molecule has 2 aromatic rings. The van der Waals surface area contributed by atoms with Gasteiger partial charge in [0.15, 0.2) is 0 Å². The molecule has 1 saturated heterocycles. The van der Waals surface area contributed by atoms with E-state index in [4.69, 9.17) is 4.74 Å². The summed E-state index contributed by atoms with van der Waals surface area (Å²) in [4.78, 5) is 9.27. The van der Waals surface area contributed by atoms with Gasteiger partial charge in [0.2, 0.25) is 0 Å². The molecule has 0 radical (unpaired) electrons. The van der Waals surface area contributed by atoms with E-state index < -0.39 is 0 Å². The summed E-state index contributed by atoms with van der Waals surface area (Å²) in [6, 6.07) is 12.3. The van der Waals surface area contributed by atoms with Crippen molar-refractivity contribution in [2.75, 3.05) is 39.8 Å². The van der Waals surface area contributed by atoms with E-state index in [1.807, 2.05) is 36.7 Å². The molecular weight excluding hydrogens is 310 g/mol. The zero-order valence-corrected chi connectivity index (χ0v) is 15.0. The molecule has 1 aliphatic rings. The van der Waals surface area contributed by atoms with Gasteiger partial charge in [0.05, 0.1) is 7.11 Å². The molecule has 4 nitrogen and oxygen atoms in total. The topological polar surface area (TPSA) is 28.6 Å². The highest BCUT2D eigenvalue weighted by Crippen LogP contribution is 2.18. The second kappa shape index (κ2) is 9.35. The van der Waals surface area contributed by atoms with Gasteiger partial charge in [-0.1, -0.05) is 36.4 Å². The summed E-state index contributed by atoms with van der Waals surface area (Å²) in [6.07, 6.45) is 9.43. The van der Waals surface area contributed by atoms with Crippen LogP contribution in [0.1, 0.15) is 17.5 Å². The summed E-state index contributed by atoms with van der Waals surface area (Å²) in [5.41, 5.74) is 2.44. The average Bonchev–Trinajstić information content (AvgIpc) is 2.88. The SMILES string of the molecule is COc1ccccc1C=CCN1CCCN(Cc2cccnc2)CC1. The van der Waals surface area contributed by atoms with Gasteiger partial charge < -0.3 is 4.74 Å². The van der Waals surface area contributed by atoms with Crippen LogP contribution in [-0.4, -0.2) is 54.6 Å². The minimum Gasteiger partial charge on any atom is -0.496 e. The van der Waals surface area contributed by atoms with Gasteiger partial charge in [-0.25, -0.2) is 0 Å². The second-order valence-electron chi connectivity index (χ2n) is 6.44. The lowest BCUT2D eigenvalue weighted by molar-refractivity contribution is 0.262. The third-order valence-electron chi connectivity index (χ3n) is 4.61. The van der Waals surface area contributed by atoms with Gasteiger partial charge in [-0.15, -0.1) is 0 Å². The van der Waals surface area contributed by atoms with Crippen LogP contribution in [0, 0.1) is 0 Å². The molecule has 0 bridgehead atoms. The Morgan fingerprint density at radius 2 is 1.88 bits per heavy atom. The lowest BCUT2D eigenvalue weighted by Gasteiger charge is -2.20. The number of pyridine rings is 1. The molecule has 4 heteroatoms. The first-order chi connectivity index (χ1) is 12.3. The molecule has 0 atom stereocenters. The van der Waals surface area contributed by atoms with Crippen LogP contribution >= 0.6 is 0 Å². The number of benzene rings is 1. The van der Waals surface area contributed by atoms with Crippen molar-refractivity contribution in [1.29, 1.82) is 0 Å². The first kappa shape index (κ1) is 17.6. The van der Waals surface area contributed by atoms with E-state index in [1.54, 1.807) is 7.11 Å². The Morgan fingerprint density at radius 3 is 2.72 bits per heavy atom. The van der Waals surface area contributed by atoms with Crippen molar-refractivity contribution < 1.29 is 4.74 Å². The summed E-state index contributed by atoms with van der Waals surface area (Å²) in [5.74, 6) is 0.928. The smallest absolute Gasteiger partial charge is 0.126 e. The standard InChI is InChI=1S/C21H27N3O/c1-25-21-10-3-2-8-20(21)9-5-12-23-13-6-14-24(16-15-23)18-19-7-4-11-22-17-19/h2-5,7-11,17H,6,12-16,18H2,1H3. The highest BCUT2D eigenvalue weighted by Gasteiger charge is 2.14. The predicted octanol–water partition coefficient (Wildman–Crippen LogP) is 3.31. The van der Waals surface area contributed by atoms with Gasteiger partial charge >= 0.3 is 0 Å². The molecule has 25 heavy (non-hydrogen) atoms. The lowest BCUT2D eigenvalue weighted by atomic mass is 10.2. The molecule has 0 amide bonds. The molecule has 0 aliphatic carbocycles. The molecule has 2 heterocycles. The van der Waals surface area contributed by atoms with Crippen LogP contribution in [0.25, 0.3) is 6.08 Å². The van der Waals surface area contributed by atoms with Crippen molar-refractivity contribution >= 4 is 6.08 Å². The number of ether oxygens (including phenoxy) is 1. The number of para-hydroxylation sites is 1. The summed E-state index contributed by atoms with van der Waals surface area (Å²) in [5, 5.41) is 0. The molecule has 1 fully saturated rings. The summed E-state index contributed by atoms with van der Waals surface area (Å²) < 4.78 is 5.40. The van der Waals surface area contributed by atoms with Gasteiger partial charge in [0, 0.05) is 44.1 Å². The van der Waals surface area contributed by atoms with E-state index in [0.717, 1.165) is 50.6 Å². The number of hydrogen-bond donors (Lipinski definition) is 0. The van der Waals surface area contributed by atoms with Crippen LogP contribution in [-0.2, 0) is 6.54 Å². The van der Waals surface area contributed by atoms with Crippen LogP contribution in [0.15, 0.2) is 54.9 Å². The molecule has 3 rings (SSSR count). The van der Waals surface area contributed by atoms with Gasteiger partial charge in [0.1, 0.15) is 5.75 Å². The fraction of sp³-hybridized carbons (Fsp3) is 0.381. The minimum absolute atomic E-state index is 0.928. The van der Waals surface area contributed by atoms with Crippen LogP contribution < -0.4 is 4.74 Å². The van der Waals surface area contributed by atoms with Gasteiger partial charge in [-0.2, -0.15) is 0 Å². The van der Waals surface area contributed by atoms with Crippen molar-refractivity contribution in [3.05, 3.63) is 66.0 Å². The molecule has 0 unspecified atom stereocenters. The Bertz CT molecular complexity index is 672. The molecule has 0 N–H and O–H groups in total. The molecule has 132 valence electrons. The quantitative estimate of drug-likeness (QED) is 0.808. The molecule has 1 aromatic heterocycles. The molecular formula is C21H27N3O. The minimum atomic E-state index is 0.928. The van der Waals surface area contributed by atoms with Crippen LogP contribution in [0.2, 0.25) is 0 Å². The summed E-state index contributed by atoms with van der Waals surface area (Å²) >= 11 is 0. The van der Waals surface area contributed by atoms with Crippen LogP contribution in [0.5, 0.6) is 5.75 Å². The number of methoxy groups -OCH3 is 1. The van der Waals surface area contributed by atoms with E-state index >= 15 is 0 Å². The summed E-state index contributed by atoms with van der Waals surface area (Å²) in [6.45, 7) is 6.51. The fourth-order valence-corrected chi connectivity index (χ4v) is 3.25. The molecule has 0 spiro atoms. The van der Waals surface area contributed by atoms with Crippen molar-refractivity contribution in [3.63, 3.8) is 0 Å². The van der Waals surface area contributed by atoms with Crippen molar-refractivity contribution in [3.8, 4) is 5.75 Å². The van der Waals surface area contributed by atoms with E-state index in [0.29, 0.717) is 0 Å². The predicted molar refractivity (Wildman–Crippen MR) is 103 cm³/mol. The van der Waals surface area contributed by atoms with Crippen molar-refractivity contribution in [2.24, 2.45) is 0 Å².